The average Bonchev–Trinajstić information content (AvgIpc) is 1.63. The van der Waals surface area contributed by atoms with E-state index in [9.17, 15) is 19.8 Å². The lowest BCUT2D eigenvalue weighted by Gasteiger charge is -2.22. The Labute approximate surface area is 766 Å². The number of aliphatic carboxylic acids is 1. The molecule has 0 unspecified atom stereocenters. The number of aryl methyl sites for hydroxylation is 8. The topological polar surface area (TPSA) is 268 Å². The van der Waals surface area contributed by atoms with Crippen molar-refractivity contribution in [2.45, 2.75) is 242 Å². The molecule has 0 spiro atoms. The van der Waals surface area contributed by atoms with Crippen LogP contribution in [0.5, 0.6) is 0 Å². The number of ether oxygens (including phenoxy) is 2. The van der Waals surface area contributed by atoms with E-state index in [1.165, 1.54) is 158 Å². The number of fused-ring (bicyclic) bond motifs is 4. The summed E-state index contributed by atoms with van der Waals surface area (Å²) < 4.78 is 41.3. The molecule has 0 saturated heterocycles. The van der Waals surface area contributed by atoms with Crippen LogP contribution in [0.15, 0.2) is 189 Å². The molecule has 22 heteroatoms. The van der Waals surface area contributed by atoms with E-state index in [0.29, 0.717) is 24.0 Å². The minimum Gasteiger partial charge on any atom is -0.481 e. The van der Waals surface area contributed by atoms with Gasteiger partial charge in [-0.15, -0.1) is 0 Å². The van der Waals surface area contributed by atoms with E-state index >= 15 is 0 Å². The second kappa shape index (κ2) is 40.0. The molecule has 4 aliphatic rings. The van der Waals surface area contributed by atoms with Gasteiger partial charge in [0.2, 0.25) is 0 Å². The zero-order valence-electron chi connectivity index (χ0n) is 77.9. The number of aliphatic hydroxyl groups excluding tert-OH is 1. The molecule has 22 nitrogen and oxygen atoms in total. The van der Waals surface area contributed by atoms with Crippen molar-refractivity contribution in [1.29, 1.82) is 0 Å². The summed E-state index contributed by atoms with van der Waals surface area (Å²) in [7, 11) is 3.13. The zero-order valence-corrected chi connectivity index (χ0v) is 77.9. The number of benzene rings is 4. The van der Waals surface area contributed by atoms with Crippen molar-refractivity contribution in [2.75, 3.05) is 14.2 Å². The molecule has 4 aromatic carbocycles. The van der Waals surface area contributed by atoms with Gasteiger partial charge in [0.05, 0.1) is 98.2 Å². The molecule has 20 rings (SSSR count). The number of carboxylic acids is 1. The van der Waals surface area contributed by atoms with E-state index in [0.717, 1.165) is 211 Å². The van der Waals surface area contributed by atoms with Crippen molar-refractivity contribution in [2.24, 2.45) is 23.7 Å². The van der Waals surface area contributed by atoms with Crippen LogP contribution in [0.2, 0.25) is 0 Å². The lowest BCUT2D eigenvalue weighted by Crippen LogP contribution is -2.28. The van der Waals surface area contributed by atoms with Gasteiger partial charge in [0, 0.05) is 150 Å². The van der Waals surface area contributed by atoms with Gasteiger partial charge >= 0.3 is 11.9 Å². The maximum atomic E-state index is 11.9. The minimum absolute atomic E-state index is 0.0583. The third kappa shape index (κ3) is 19.6. The Morgan fingerprint density at radius 1 is 0.374 bits per heavy atom. The molecule has 0 radical (unpaired) electrons. The molecular weight excluding hydrogens is 1640 g/mol. The van der Waals surface area contributed by atoms with Crippen LogP contribution < -0.4 is 0 Å². The van der Waals surface area contributed by atoms with E-state index < -0.39 is 11.4 Å². The number of hydrogen-bond acceptors (Lipinski definition) is 17. The van der Waals surface area contributed by atoms with Gasteiger partial charge in [-0.1, -0.05) is 183 Å². The van der Waals surface area contributed by atoms with Gasteiger partial charge in [-0.25, -0.2) is 4.79 Å². The minimum atomic E-state index is -0.936. The summed E-state index contributed by atoms with van der Waals surface area (Å²) in [4.78, 5) is 43.2. The molecule has 4 saturated carbocycles. The number of methoxy groups -OCH3 is 2. The number of carboxylic acid groups (broad SMARTS) is 1. The number of nitrogens with zero attached hydrogens (tertiary/aromatic N) is 12. The first-order valence-corrected chi connectivity index (χ1v) is 47.1. The normalized spacial score (nSPS) is 14.9. The van der Waals surface area contributed by atoms with Crippen LogP contribution in [0.3, 0.4) is 0 Å². The van der Waals surface area contributed by atoms with Crippen LogP contribution in [0.4, 0.5) is 0 Å². The molecule has 4 fully saturated rings. The predicted molar refractivity (Wildman–Crippen MR) is 515 cm³/mol. The Kier molecular flexibility index (Phi) is 27.5. The van der Waals surface area contributed by atoms with Crippen LogP contribution in [0.25, 0.3) is 133 Å². The smallest absolute Gasteiger partial charge is 0.337 e. The number of hydrogen-bond donors (Lipinski definition) is 2. The van der Waals surface area contributed by atoms with E-state index in [-0.39, 0.29) is 12.6 Å². The van der Waals surface area contributed by atoms with Crippen LogP contribution in [-0.2, 0) is 59.1 Å². The molecule has 12 heterocycles. The Hall–Kier alpha value is -12.7. The second-order valence-corrected chi connectivity index (χ2v) is 37.5. The Morgan fingerprint density at radius 3 is 0.885 bits per heavy atom. The predicted octanol–water partition coefficient (Wildman–Crippen LogP) is 26.0. The average molecular weight is 1760 g/mol. The summed E-state index contributed by atoms with van der Waals surface area (Å²) in [6.07, 6.45) is 43.1. The first kappa shape index (κ1) is 90.3. The maximum absolute atomic E-state index is 11.9. The summed E-state index contributed by atoms with van der Waals surface area (Å²) in [5.74, 6) is 4.91. The SMILES string of the molecule is COC(=O)c1ccc(-c2cn(CC3CCCCC3)c3cc(-c4c(C)noc4C)cnc23)cc1.COCc1ccc(-c2cn(CC3CCCCC3)c3cc(-c4c(C)noc4C)cnc23)cc1.Cc1noc(C)c1-c1cnc2c(-c3ccc(C(C)(C)C(=O)O)cc3)cn(CC3CCCCC3)c2c1.Cc1noc(C)c1-c1cnc2c(-c3ccc(CO)cc3)cn(CC3CCCCC3)c2c1. The quantitative estimate of drug-likeness (QED) is 0.0597. The molecule has 0 amide bonds. The number of aliphatic hydroxyl groups is 1. The van der Waals surface area contributed by atoms with Gasteiger partial charge in [-0.2, -0.15) is 0 Å². The Bertz CT molecular complexity index is 6610. The number of rotatable bonds is 22. The standard InChI is InChI=1S/C29H33N3O3.C27H29N3O3.C27H31N3O2.C26H29N3O2/c1-18-26(19(2)35-31-18)22-14-25-27(30-15-22)24(17-32(25)16-20-8-6-5-7-9-20)21-10-12-23(13-11-21)29(3,4)28(33)34;1-17-25(18(2)33-29-17)22-13-24-26(28-14-22)23(16-30(24)15-19-7-5-4-6-8-19)20-9-11-21(12-10-20)27(31)32-3;1-18-26(19(2)32-29-18)23-13-25-27(28-14-23)24(22-11-9-21(10-12-22)17-31-3)16-30(25)15-20-7-5-4-6-8-20;1-17-25(18(2)31-28-17)22-12-24-26(27-13-22)23(21-10-8-20(16-30)9-11-21)15-29(24)14-19-6-4-3-5-7-19/h10-15,17,20H,5-9,16H2,1-4H3,(H,33,34);9-14,16,19H,4-8,15H2,1-3H3;9-14,16,20H,4-8,15,17H2,1-3H3;8-13,15,19,30H,3-7,14,16H2,1-2H3. The molecule has 2 N–H and O–H groups in total. The Balaban J connectivity index is 0.000000122. The van der Waals surface area contributed by atoms with Crippen molar-refractivity contribution in [3.8, 4) is 89.0 Å². The lowest BCUT2D eigenvalue weighted by atomic mass is 9.84. The third-order valence-corrected chi connectivity index (χ3v) is 28.0. The van der Waals surface area contributed by atoms with Gasteiger partial charge in [-0.05, 0) is 220 Å². The van der Waals surface area contributed by atoms with Crippen molar-refractivity contribution < 1.29 is 47.4 Å². The maximum Gasteiger partial charge on any atom is 0.337 e. The van der Waals surface area contributed by atoms with Gasteiger partial charge in [0.1, 0.15) is 23.0 Å². The highest BCUT2D eigenvalue weighted by Gasteiger charge is 2.31. The van der Waals surface area contributed by atoms with Crippen LogP contribution in [-0.4, -0.2) is 95.2 Å². The third-order valence-electron chi connectivity index (χ3n) is 28.0. The summed E-state index contributed by atoms with van der Waals surface area (Å²) in [5, 5.41) is 35.5. The van der Waals surface area contributed by atoms with Crippen LogP contribution >= 0.6 is 0 Å². The second-order valence-electron chi connectivity index (χ2n) is 37.5. The summed E-state index contributed by atoms with van der Waals surface area (Å²) in [5.41, 5.74) is 31.7. The fraction of sp³-hybridized carbons (Fsp3) is 0.394. The number of carbonyl (C=O) groups excluding carboxylic acids is 1. The fourth-order valence-corrected chi connectivity index (χ4v) is 20.7. The van der Waals surface area contributed by atoms with Crippen molar-refractivity contribution in [3.05, 3.63) is 239 Å². The number of aromatic nitrogens is 12. The molecule has 678 valence electrons. The molecule has 0 aliphatic heterocycles. The van der Waals surface area contributed by atoms with E-state index in [4.69, 9.17) is 47.5 Å². The van der Waals surface area contributed by atoms with E-state index in [2.05, 4.69) is 124 Å². The van der Waals surface area contributed by atoms with Crippen molar-refractivity contribution in [1.82, 2.24) is 58.8 Å². The summed E-state index contributed by atoms with van der Waals surface area (Å²) in [6, 6.07) is 41.1. The van der Waals surface area contributed by atoms with Gasteiger partial charge in [-0.3, -0.25) is 24.7 Å². The molecule has 12 aromatic heterocycles. The monoisotopic (exact) mass is 1760 g/mol. The van der Waals surface area contributed by atoms with Crippen LogP contribution in [0, 0.1) is 79.1 Å². The van der Waals surface area contributed by atoms with Crippen LogP contribution in [0.1, 0.15) is 215 Å². The van der Waals surface area contributed by atoms with E-state index in [1.807, 2.05) is 141 Å². The molecular formula is C109H122N12O10. The highest BCUT2D eigenvalue weighted by Crippen LogP contribution is 2.43. The fourth-order valence-electron chi connectivity index (χ4n) is 20.7. The largest absolute Gasteiger partial charge is 0.481 e. The highest BCUT2D eigenvalue weighted by atomic mass is 16.5. The number of esters is 1. The molecule has 4 aliphatic carbocycles. The Morgan fingerprint density at radius 2 is 0.641 bits per heavy atom. The highest BCUT2D eigenvalue weighted by molar-refractivity contribution is 5.99. The van der Waals surface area contributed by atoms with Crippen molar-refractivity contribution >= 4 is 56.1 Å². The van der Waals surface area contributed by atoms with E-state index in [1.54, 1.807) is 21.0 Å². The molecule has 0 bridgehead atoms. The van der Waals surface area contributed by atoms with Gasteiger partial charge in [0.15, 0.2) is 0 Å². The van der Waals surface area contributed by atoms with Gasteiger partial charge in [0.25, 0.3) is 0 Å². The molecule has 16 aromatic rings. The molecule has 0 atom stereocenters. The number of carbonyl (C=O) groups is 2. The first-order valence-electron chi connectivity index (χ1n) is 47.1. The first-order chi connectivity index (χ1) is 63.6. The van der Waals surface area contributed by atoms with Gasteiger partial charge < -0.3 is 56.0 Å². The van der Waals surface area contributed by atoms with Crippen molar-refractivity contribution in [3.63, 3.8) is 0 Å². The zero-order chi connectivity index (χ0) is 91.1. The number of pyridine rings is 4. The lowest BCUT2D eigenvalue weighted by molar-refractivity contribution is -0.142. The summed E-state index contributed by atoms with van der Waals surface area (Å²) >= 11 is 0. The summed E-state index contributed by atoms with van der Waals surface area (Å²) in [6.45, 7) is 23.9. The molecule has 131 heavy (non-hydrogen) atoms.